The molecule has 134 valence electrons. The van der Waals surface area contributed by atoms with Gasteiger partial charge >= 0.3 is 5.97 Å². The van der Waals surface area contributed by atoms with Gasteiger partial charge in [-0.05, 0) is 43.0 Å². The number of thioether (sulfide) groups is 1. The molecule has 1 atom stereocenters. The average molecular weight is 436 g/mol. The van der Waals surface area contributed by atoms with Gasteiger partial charge in [0.25, 0.3) is 11.1 Å². The Morgan fingerprint density at radius 3 is 2.58 bits per heavy atom. The number of amides is 2. The molecule has 0 radical (unpaired) electrons. The zero-order chi connectivity index (χ0) is 18.8. The van der Waals surface area contributed by atoms with Crippen LogP contribution in [0.1, 0.15) is 12.7 Å². The quantitative estimate of drug-likeness (QED) is 0.525. The molecular formula is C18H14BrNO5S. The number of imide groups is 1. The smallest absolute Gasteiger partial charge is 0.328 e. The van der Waals surface area contributed by atoms with Crippen LogP contribution in [-0.4, -0.2) is 35.2 Å². The van der Waals surface area contributed by atoms with E-state index in [-0.39, 0.29) is 4.91 Å². The standard InChI is InChI=1S/C18H14BrNO5S/c1-10(17(22)24-2)20-16(21)15(26-18(20)23)9-13-7-8-14(25-13)11-3-5-12(19)6-4-11/h3-10H,1-2H3/b15-9-. The van der Waals surface area contributed by atoms with Gasteiger partial charge in [-0.1, -0.05) is 28.1 Å². The molecule has 0 saturated carbocycles. The number of halogens is 1. The SMILES string of the molecule is COC(=O)C(C)N1C(=O)S/C(=C\c2ccc(-c3ccc(Br)cc3)o2)C1=O. The molecule has 1 aliphatic rings. The van der Waals surface area contributed by atoms with Gasteiger partial charge in [0.2, 0.25) is 0 Å². The van der Waals surface area contributed by atoms with Gasteiger partial charge in [0.15, 0.2) is 0 Å². The molecule has 1 saturated heterocycles. The van der Waals surface area contributed by atoms with Gasteiger partial charge in [-0.2, -0.15) is 0 Å². The number of methoxy groups -OCH3 is 1. The molecule has 2 amide bonds. The Labute approximate surface area is 162 Å². The minimum atomic E-state index is -0.978. The number of rotatable bonds is 4. The van der Waals surface area contributed by atoms with Crippen molar-refractivity contribution in [3.63, 3.8) is 0 Å². The fraction of sp³-hybridized carbons (Fsp3) is 0.167. The zero-order valence-corrected chi connectivity index (χ0v) is 16.3. The first-order valence-electron chi connectivity index (χ1n) is 7.61. The maximum atomic E-state index is 12.5. The van der Waals surface area contributed by atoms with Crippen molar-refractivity contribution >= 4 is 50.9 Å². The lowest BCUT2D eigenvalue weighted by Crippen LogP contribution is -2.42. The lowest BCUT2D eigenvalue weighted by molar-refractivity contribution is -0.148. The van der Waals surface area contributed by atoms with Crippen molar-refractivity contribution in [1.82, 2.24) is 4.90 Å². The Hall–Kier alpha value is -2.32. The summed E-state index contributed by atoms with van der Waals surface area (Å²) in [5.74, 6) is -0.103. The van der Waals surface area contributed by atoms with E-state index < -0.39 is 23.2 Å². The first-order valence-corrected chi connectivity index (χ1v) is 9.22. The lowest BCUT2D eigenvalue weighted by atomic mass is 10.2. The highest BCUT2D eigenvalue weighted by atomic mass is 79.9. The van der Waals surface area contributed by atoms with Crippen molar-refractivity contribution in [2.45, 2.75) is 13.0 Å². The van der Waals surface area contributed by atoms with Crippen LogP contribution in [0.3, 0.4) is 0 Å². The summed E-state index contributed by atoms with van der Waals surface area (Å²) >= 11 is 4.14. The largest absolute Gasteiger partial charge is 0.467 e. The molecule has 0 N–H and O–H groups in total. The molecule has 1 fully saturated rings. The van der Waals surface area contributed by atoms with E-state index in [2.05, 4.69) is 20.7 Å². The van der Waals surface area contributed by atoms with E-state index in [4.69, 9.17) is 4.42 Å². The topological polar surface area (TPSA) is 76.8 Å². The van der Waals surface area contributed by atoms with Crippen LogP contribution in [0.15, 0.2) is 50.2 Å². The van der Waals surface area contributed by atoms with E-state index in [0.717, 1.165) is 26.7 Å². The van der Waals surface area contributed by atoms with Crippen molar-refractivity contribution in [2.24, 2.45) is 0 Å². The number of esters is 1. The summed E-state index contributed by atoms with van der Waals surface area (Å²) in [5.41, 5.74) is 0.889. The minimum absolute atomic E-state index is 0.197. The van der Waals surface area contributed by atoms with E-state index in [1.807, 2.05) is 24.3 Å². The van der Waals surface area contributed by atoms with Crippen LogP contribution >= 0.6 is 27.7 Å². The van der Waals surface area contributed by atoms with Crippen LogP contribution in [0.2, 0.25) is 0 Å². The summed E-state index contributed by atoms with van der Waals surface area (Å²) < 4.78 is 11.3. The fourth-order valence-electron chi connectivity index (χ4n) is 2.42. The molecule has 1 unspecified atom stereocenters. The summed E-state index contributed by atoms with van der Waals surface area (Å²) in [5, 5.41) is -0.515. The van der Waals surface area contributed by atoms with Crippen LogP contribution in [0.4, 0.5) is 4.79 Å². The predicted molar refractivity (Wildman–Crippen MR) is 101 cm³/mol. The Balaban J connectivity index is 1.83. The summed E-state index contributed by atoms with van der Waals surface area (Å²) in [7, 11) is 1.21. The number of nitrogens with zero attached hydrogens (tertiary/aromatic N) is 1. The maximum Gasteiger partial charge on any atom is 0.328 e. The summed E-state index contributed by atoms with van der Waals surface area (Å²) in [6.45, 7) is 1.45. The van der Waals surface area contributed by atoms with E-state index in [1.54, 1.807) is 12.1 Å². The Morgan fingerprint density at radius 1 is 1.23 bits per heavy atom. The number of ether oxygens (including phenoxy) is 1. The van der Waals surface area contributed by atoms with Crippen molar-refractivity contribution in [3.05, 3.63) is 51.5 Å². The Kier molecular flexibility index (Phi) is 5.33. The second kappa shape index (κ2) is 7.51. The monoisotopic (exact) mass is 435 g/mol. The summed E-state index contributed by atoms with van der Waals surface area (Å²) in [6, 6.07) is 10.1. The third kappa shape index (κ3) is 3.61. The molecule has 3 rings (SSSR count). The van der Waals surface area contributed by atoms with Gasteiger partial charge in [-0.3, -0.25) is 14.5 Å². The normalized spacial score (nSPS) is 17.0. The van der Waals surface area contributed by atoms with Gasteiger partial charge in [-0.25, -0.2) is 4.79 Å². The third-order valence-electron chi connectivity index (χ3n) is 3.78. The molecule has 8 heteroatoms. The molecule has 1 aromatic carbocycles. The predicted octanol–water partition coefficient (Wildman–Crippen LogP) is 4.31. The van der Waals surface area contributed by atoms with Crippen LogP contribution in [0, 0.1) is 0 Å². The molecular weight excluding hydrogens is 422 g/mol. The number of hydrogen-bond acceptors (Lipinski definition) is 6. The molecule has 0 aliphatic carbocycles. The molecule has 0 spiro atoms. The first-order chi connectivity index (χ1) is 12.4. The fourth-order valence-corrected chi connectivity index (χ4v) is 3.57. The van der Waals surface area contributed by atoms with Crippen molar-refractivity contribution in [3.8, 4) is 11.3 Å². The second-order valence-corrected chi connectivity index (χ2v) is 7.37. The lowest BCUT2D eigenvalue weighted by Gasteiger charge is -2.18. The number of furan rings is 1. The minimum Gasteiger partial charge on any atom is -0.467 e. The van der Waals surface area contributed by atoms with Gasteiger partial charge in [0.05, 0.1) is 12.0 Å². The summed E-state index contributed by atoms with van der Waals surface area (Å²) in [4.78, 5) is 37.3. The highest BCUT2D eigenvalue weighted by molar-refractivity contribution is 9.10. The Bertz CT molecular complexity index is 903. The van der Waals surface area contributed by atoms with Crippen molar-refractivity contribution < 1.29 is 23.5 Å². The van der Waals surface area contributed by atoms with Crippen LogP contribution in [-0.2, 0) is 14.3 Å². The van der Waals surface area contributed by atoms with E-state index >= 15 is 0 Å². The molecule has 6 nitrogen and oxygen atoms in total. The van der Waals surface area contributed by atoms with E-state index in [1.165, 1.54) is 20.1 Å². The zero-order valence-electron chi connectivity index (χ0n) is 13.9. The van der Waals surface area contributed by atoms with E-state index in [9.17, 15) is 14.4 Å². The van der Waals surface area contributed by atoms with Gasteiger partial charge in [0, 0.05) is 16.1 Å². The molecule has 1 aromatic heterocycles. The Morgan fingerprint density at radius 2 is 1.92 bits per heavy atom. The van der Waals surface area contributed by atoms with Crippen LogP contribution < -0.4 is 0 Å². The van der Waals surface area contributed by atoms with Gasteiger partial charge in [-0.15, -0.1) is 0 Å². The van der Waals surface area contributed by atoms with E-state index in [0.29, 0.717) is 11.5 Å². The molecule has 2 heterocycles. The molecule has 2 aromatic rings. The highest BCUT2D eigenvalue weighted by Crippen LogP contribution is 2.34. The maximum absolute atomic E-state index is 12.5. The van der Waals surface area contributed by atoms with Gasteiger partial charge < -0.3 is 9.15 Å². The van der Waals surface area contributed by atoms with Crippen LogP contribution in [0.25, 0.3) is 17.4 Å². The second-order valence-electron chi connectivity index (χ2n) is 5.46. The molecule has 1 aliphatic heterocycles. The number of benzene rings is 1. The van der Waals surface area contributed by atoms with Crippen molar-refractivity contribution in [2.75, 3.05) is 7.11 Å². The molecule has 0 bridgehead atoms. The van der Waals surface area contributed by atoms with Crippen molar-refractivity contribution in [1.29, 1.82) is 0 Å². The third-order valence-corrected chi connectivity index (χ3v) is 5.19. The average Bonchev–Trinajstić information content (AvgIpc) is 3.19. The van der Waals surface area contributed by atoms with Gasteiger partial charge in [0.1, 0.15) is 17.6 Å². The number of carbonyl (C=O) groups is 3. The molecule has 26 heavy (non-hydrogen) atoms. The summed E-state index contributed by atoms with van der Waals surface area (Å²) in [6.07, 6.45) is 1.50. The van der Waals surface area contributed by atoms with Crippen LogP contribution in [0.5, 0.6) is 0 Å². The number of carbonyl (C=O) groups excluding carboxylic acids is 3. The highest BCUT2D eigenvalue weighted by Gasteiger charge is 2.41. The first kappa shape index (κ1) is 18.5. The number of hydrogen-bond donors (Lipinski definition) is 0.